The van der Waals surface area contributed by atoms with E-state index in [0.29, 0.717) is 36.0 Å². The Labute approximate surface area is 169 Å². The maximum absolute atomic E-state index is 12.6. The molecule has 2 aliphatic rings. The summed E-state index contributed by atoms with van der Waals surface area (Å²) in [5.74, 6) is 1.23. The average Bonchev–Trinajstić information content (AvgIpc) is 3.17. The first-order valence-corrected chi connectivity index (χ1v) is 9.89. The molecule has 29 heavy (non-hydrogen) atoms. The van der Waals surface area contributed by atoms with Crippen molar-refractivity contribution in [3.63, 3.8) is 0 Å². The summed E-state index contributed by atoms with van der Waals surface area (Å²) >= 11 is 0. The summed E-state index contributed by atoms with van der Waals surface area (Å²) in [6.45, 7) is 2.95. The molecule has 2 heterocycles. The number of rotatable bonds is 4. The molecule has 5 rings (SSSR count). The number of hydrogen-bond acceptors (Lipinski definition) is 4. The van der Waals surface area contributed by atoms with Crippen molar-refractivity contribution in [1.82, 2.24) is 0 Å². The fourth-order valence-electron chi connectivity index (χ4n) is 3.88. The van der Waals surface area contributed by atoms with Gasteiger partial charge in [0.2, 0.25) is 0 Å². The van der Waals surface area contributed by atoms with Crippen molar-refractivity contribution in [2.45, 2.75) is 13.0 Å². The first kappa shape index (κ1) is 17.6. The van der Waals surface area contributed by atoms with Crippen LogP contribution in [0.25, 0.3) is 0 Å². The van der Waals surface area contributed by atoms with E-state index in [0.717, 1.165) is 19.5 Å². The van der Waals surface area contributed by atoms with E-state index in [4.69, 9.17) is 9.47 Å². The van der Waals surface area contributed by atoms with Crippen LogP contribution >= 0.6 is 0 Å². The van der Waals surface area contributed by atoms with Crippen molar-refractivity contribution >= 4 is 17.3 Å². The lowest BCUT2D eigenvalue weighted by Gasteiger charge is -2.20. The quantitative estimate of drug-likeness (QED) is 0.727. The van der Waals surface area contributed by atoms with Crippen LogP contribution in [-0.4, -0.2) is 25.7 Å². The minimum absolute atomic E-state index is 0.139. The predicted octanol–water partition coefficient (Wildman–Crippen LogP) is 4.27. The van der Waals surface area contributed by atoms with Crippen LogP contribution in [0.4, 0.5) is 11.4 Å². The fourth-order valence-corrected chi connectivity index (χ4v) is 3.88. The number of anilines is 2. The molecular weight excluding hydrogens is 364 g/mol. The van der Waals surface area contributed by atoms with Gasteiger partial charge in [0.1, 0.15) is 13.2 Å². The molecule has 0 bridgehead atoms. The van der Waals surface area contributed by atoms with Gasteiger partial charge in [0.05, 0.1) is 0 Å². The fraction of sp³-hybridized carbons (Fsp3) is 0.208. The van der Waals surface area contributed by atoms with Crippen LogP contribution in [0.15, 0.2) is 66.7 Å². The molecule has 0 spiro atoms. The van der Waals surface area contributed by atoms with Crippen molar-refractivity contribution in [3.8, 4) is 11.5 Å². The van der Waals surface area contributed by atoms with E-state index in [1.165, 1.54) is 16.8 Å². The Kier molecular flexibility index (Phi) is 4.56. The lowest BCUT2D eigenvalue weighted by molar-refractivity contribution is 0.102. The number of nitrogens with one attached hydrogen (secondary N) is 1. The largest absolute Gasteiger partial charge is 0.486 e. The first-order valence-electron chi connectivity index (χ1n) is 9.89. The number of benzene rings is 3. The van der Waals surface area contributed by atoms with Gasteiger partial charge in [0, 0.05) is 36.1 Å². The predicted molar refractivity (Wildman–Crippen MR) is 113 cm³/mol. The summed E-state index contributed by atoms with van der Waals surface area (Å²) in [6.07, 6.45) is 1.09. The maximum atomic E-state index is 12.6. The number of carbonyl (C=O) groups excluding carboxylic acids is 1. The van der Waals surface area contributed by atoms with E-state index in [9.17, 15) is 4.79 Å². The Morgan fingerprint density at radius 3 is 2.59 bits per heavy atom. The highest BCUT2D eigenvalue weighted by molar-refractivity contribution is 6.04. The summed E-state index contributed by atoms with van der Waals surface area (Å²) in [5, 5.41) is 2.93. The second-order valence-corrected chi connectivity index (χ2v) is 7.31. The zero-order valence-electron chi connectivity index (χ0n) is 16.1. The van der Waals surface area contributed by atoms with Gasteiger partial charge < -0.3 is 19.7 Å². The minimum atomic E-state index is -0.139. The smallest absolute Gasteiger partial charge is 0.255 e. The molecule has 0 atom stereocenters. The lowest BCUT2D eigenvalue weighted by Crippen LogP contribution is -2.19. The van der Waals surface area contributed by atoms with Crippen LogP contribution in [-0.2, 0) is 13.0 Å². The van der Waals surface area contributed by atoms with Crippen molar-refractivity contribution in [1.29, 1.82) is 0 Å². The molecule has 0 fully saturated rings. The van der Waals surface area contributed by atoms with Gasteiger partial charge in [0.25, 0.3) is 5.91 Å². The van der Waals surface area contributed by atoms with Crippen LogP contribution < -0.4 is 19.7 Å². The van der Waals surface area contributed by atoms with Crippen LogP contribution in [0, 0.1) is 0 Å². The lowest BCUT2D eigenvalue weighted by atomic mass is 10.1. The molecule has 0 saturated heterocycles. The number of hydrogen-bond donors (Lipinski definition) is 1. The van der Waals surface area contributed by atoms with E-state index >= 15 is 0 Å². The summed E-state index contributed by atoms with van der Waals surface area (Å²) in [6, 6.07) is 21.8. The molecule has 0 aliphatic carbocycles. The maximum Gasteiger partial charge on any atom is 0.255 e. The molecule has 3 aromatic carbocycles. The first-order chi connectivity index (χ1) is 14.3. The molecule has 1 amide bonds. The van der Waals surface area contributed by atoms with Crippen molar-refractivity contribution in [2.24, 2.45) is 0 Å². The number of para-hydroxylation sites is 1. The highest BCUT2D eigenvalue weighted by Gasteiger charge is 2.18. The third kappa shape index (κ3) is 3.63. The van der Waals surface area contributed by atoms with Gasteiger partial charge in [-0.05, 0) is 47.9 Å². The van der Waals surface area contributed by atoms with Gasteiger partial charge in [-0.15, -0.1) is 0 Å². The Bertz CT molecular complexity index is 1050. The van der Waals surface area contributed by atoms with Gasteiger partial charge in [-0.1, -0.05) is 30.3 Å². The monoisotopic (exact) mass is 386 g/mol. The van der Waals surface area contributed by atoms with Crippen molar-refractivity contribution in [3.05, 3.63) is 83.4 Å². The van der Waals surface area contributed by atoms with Crippen LogP contribution in [0.5, 0.6) is 11.5 Å². The van der Waals surface area contributed by atoms with E-state index in [2.05, 4.69) is 34.5 Å². The molecule has 1 N–H and O–H groups in total. The third-order valence-corrected chi connectivity index (χ3v) is 5.37. The van der Waals surface area contributed by atoms with Crippen LogP contribution in [0.1, 0.15) is 21.5 Å². The second kappa shape index (κ2) is 7.51. The van der Waals surface area contributed by atoms with Gasteiger partial charge in [-0.3, -0.25) is 4.79 Å². The number of nitrogens with zero attached hydrogens (tertiary/aromatic N) is 1. The van der Waals surface area contributed by atoms with Gasteiger partial charge in [-0.2, -0.15) is 0 Å². The molecule has 5 heteroatoms. The van der Waals surface area contributed by atoms with Gasteiger partial charge in [-0.25, -0.2) is 0 Å². The molecule has 0 saturated carbocycles. The molecule has 146 valence electrons. The molecule has 0 aromatic heterocycles. The third-order valence-electron chi connectivity index (χ3n) is 5.37. The molecule has 0 unspecified atom stereocenters. The summed E-state index contributed by atoms with van der Waals surface area (Å²) in [4.78, 5) is 15.0. The summed E-state index contributed by atoms with van der Waals surface area (Å²) in [5.41, 5.74) is 5.23. The van der Waals surface area contributed by atoms with E-state index < -0.39 is 0 Å². The minimum Gasteiger partial charge on any atom is -0.486 e. The van der Waals surface area contributed by atoms with Crippen molar-refractivity contribution < 1.29 is 14.3 Å². The standard InChI is InChI=1S/C24H22N2O3/c27-24(25-20-9-10-22-23(15-20)29-14-13-28-22)19-7-5-17(6-8-19)16-26-12-11-18-3-1-2-4-21(18)26/h1-10,15H,11-14,16H2,(H,25,27). The molecule has 0 radical (unpaired) electrons. The van der Waals surface area contributed by atoms with Gasteiger partial charge >= 0.3 is 0 Å². The van der Waals surface area contributed by atoms with Crippen LogP contribution in [0.2, 0.25) is 0 Å². The Morgan fingerprint density at radius 2 is 1.72 bits per heavy atom. The van der Waals surface area contributed by atoms with E-state index in [1.807, 2.05) is 36.4 Å². The molecular formula is C24H22N2O3. The summed E-state index contributed by atoms with van der Waals surface area (Å²) < 4.78 is 11.1. The van der Waals surface area contributed by atoms with Crippen molar-refractivity contribution in [2.75, 3.05) is 30.0 Å². The summed E-state index contributed by atoms with van der Waals surface area (Å²) in [7, 11) is 0. The van der Waals surface area contributed by atoms with E-state index in [-0.39, 0.29) is 5.91 Å². The zero-order chi connectivity index (χ0) is 19.6. The number of carbonyl (C=O) groups is 1. The number of fused-ring (bicyclic) bond motifs is 2. The average molecular weight is 386 g/mol. The van der Waals surface area contributed by atoms with Crippen LogP contribution in [0.3, 0.4) is 0 Å². The SMILES string of the molecule is O=C(Nc1ccc2c(c1)OCCO2)c1ccc(CN2CCc3ccccc32)cc1. The number of amides is 1. The highest BCUT2D eigenvalue weighted by Crippen LogP contribution is 2.33. The second-order valence-electron chi connectivity index (χ2n) is 7.31. The molecule has 2 aliphatic heterocycles. The highest BCUT2D eigenvalue weighted by atomic mass is 16.6. The van der Waals surface area contributed by atoms with E-state index in [1.54, 1.807) is 6.07 Å². The number of ether oxygens (including phenoxy) is 2. The topological polar surface area (TPSA) is 50.8 Å². The Morgan fingerprint density at radius 1 is 0.931 bits per heavy atom. The van der Waals surface area contributed by atoms with Gasteiger partial charge in [0.15, 0.2) is 11.5 Å². The zero-order valence-corrected chi connectivity index (χ0v) is 16.1. The Hall–Kier alpha value is -3.47. The molecule has 3 aromatic rings. The molecule has 5 nitrogen and oxygen atoms in total. The normalized spacial score (nSPS) is 14.4. The Balaban J connectivity index is 1.25.